The Morgan fingerprint density at radius 2 is 1.81 bits per heavy atom. The molecular weight excluding hydrogens is 533 g/mol. The number of methoxy groups -OCH3 is 1. The first-order chi connectivity index (χ1) is 20.1. The molecule has 5 rings (SSSR count). The molecule has 42 heavy (non-hydrogen) atoms. The van der Waals surface area contributed by atoms with E-state index >= 15 is 0 Å². The standard InChI is InChI=1S/C33H38BNO7/c1-5-9-24-17-25-29(32(38)35(31(25)37)33(39)41-4)26-18-34(40)42-27(28(24)26)13-12-23(22-10-7-6-8-11-22)16-21-14-19(2)30(36)20(3)15-21/h6-8,10-11,14-16,25-27,29,36,40H,5,9,12-13,17-18H2,1-4H3/b23-16-/t25-,26+,27-,29-/m1/s1. The van der Waals surface area contributed by atoms with Crippen LogP contribution in [0.3, 0.4) is 0 Å². The number of hydrogen-bond acceptors (Lipinski definition) is 7. The maximum atomic E-state index is 13.4. The van der Waals surface area contributed by atoms with Gasteiger partial charge in [0, 0.05) is 0 Å². The number of amides is 3. The molecule has 2 fully saturated rings. The van der Waals surface area contributed by atoms with E-state index in [0.29, 0.717) is 29.9 Å². The van der Waals surface area contributed by atoms with E-state index in [-0.39, 0.29) is 6.32 Å². The molecule has 2 aromatic carbocycles. The van der Waals surface area contributed by atoms with E-state index in [4.69, 9.17) is 9.39 Å². The number of allylic oxidation sites excluding steroid dienone is 2. The van der Waals surface area contributed by atoms with E-state index in [1.54, 1.807) is 0 Å². The van der Waals surface area contributed by atoms with Gasteiger partial charge in [0.2, 0.25) is 11.8 Å². The SMILES string of the molecule is CCCC1=C2[C@@H](CC/C(=C/c3cc(C)c(O)c(C)c3)c3ccccc3)OB(O)C[C@@H]2[C@@H]2C(=O)N(C(=O)OC)C(=O)[C@@H]2C1. The van der Waals surface area contributed by atoms with Crippen LogP contribution in [0, 0.1) is 31.6 Å². The molecule has 9 heteroatoms. The second-order valence-electron chi connectivity index (χ2n) is 11.6. The minimum Gasteiger partial charge on any atom is -0.507 e. The summed E-state index contributed by atoms with van der Waals surface area (Å²) in [5, 5.41) is 21.1. The summed E-state index contributed by atoms with van der Waals surface area (Å²) < 4.78 is 10.9. The fraction of sp³-hybridized carbons (Fsp3) is 0.424. The number of nitrogens with zero attached hydrogens (tertiary/aromatic N) is 1. The van der Waals surface area contributed by atoms with Crippen LogP contribution >= 0.6 is 0 Å². The number of rotatable bonds is 7. The van der Waals surface area contributed by atoms with Crippen LogP contribution < -0.4 is 0 Å². The van der Waals surface area contributed by atoms with Gasteiger partial charge in [-0.15, -0.1) is 0 Å². The number of phenolic OH excluding ortho intramolecular Hbond substituents is 1. The normalized spacial score (nSPS) is 24.2. The number of hydrogen-bond donors (Lipinski definition) is 2. The summed E-state index contributed by atoms with van der Waals surface area (Å²) in [6, 6.07) is 14.0. The molecule has 2 aliphatic heterocycles. The Balaban J connectivity index is 1.49. The van der Waals surface area contributed by atoms with Gasteiger partial charge in [-0.05, 0) is 97.3 Å². The molecule has 8 nitrogen and oxygen atoms in total. The molecule has 2 heterocycles. The maximum absolute atomic E-state index is 13.4. The molecule has 2 saturated heterocycles. The second-order valence-corrected chi connectivity index (χ2v) is 11.6. The quantitative estimate of drug-likeness (QED) is 0.190. The van der Waals surface area contributed by atoms with E-state index < -0.39 is 48.9 Å². The zero-order valence-electron chi connectivity index (χ0n) is 24.6. The van der Waals surface area contributed by atoms with Gasteiger partial charge in [-0.25, -0.2) is 4.79 Å². The van der Waals surface area contributed by atoms with Gasteiger partial charge < -0.3 is 19.5 Å². The van der Waals surface area contributed by atoms with Crippen molar-refractivity contribution in [1.82, 2.24) is 4.90 Å². The van der Waals surface area contributed by atoms with E-state index in [1.165, 1.54) is 0 Å². The number of fused-ring (bicyclic) bond motifs is 3. The molecule has 2 aromatic rings. The highest BCUT2D eigenvalue weighted by molar-refractivity contribution is 6.43. The van der Waals surface area contributed by atoms with Crippen LogP contribution in [0.15, 0.2) is 53.6 Å². The third-order valence-corrected chi connectivity index (χ3v) is 8.89. The number of aryl methyl sites for hydroxylation is 2. The third kappa shape index (κ3) is 5.55. The fourth-order valence-corrected chi connectivity index (χ4v) is 7.09. The zero-order chi connectivity index (χ0) is 30.1. The summed E-state index contributed by atoms with van der Waals surface area (Å²) in [4.78, 5) is 39.7. The monoisotopic (exact) mass is 571 g/mol. The van der Waals surface area contributed by atoms with Crippen LogP contribution in [-0.4, -0.2) is 53.3 Å². The first-order valence-electron chi connectivity index (χ1n) is 14.7. The first kappa shape index (κ1) is 29.8. The minimum atomic E-state index is -1.09. The fourth-order valence-electron chi connectivity index (χ4n) is 7.09. The number of likely N-dealkylation sites (tertiary alicyclic amines) is 1. The number of imide groups is 3. The Hall–Kier alpha value is -3.69. The van der Waals surface area contributed by atoms with Crippen LogP contribution in [0.25, 0.3) is 11.6 Å². The smallest absolute Gasteiger partial charge is 0.455 e. The summed E-state index contributed by atoms with van der Waals surface area (Å²) >= 11 is 0. The lowest BCUT2D eigenvalue weighted by atomic mass is 9.58. The molecule has 2 N–H and O–H groups in total. The Morgan fingerprint density at radius 1 is 1.12 bits per heavy atom. The number of ether oxygens (including phenoxy) is 1. The van der Waals surface area contributed by atoms with Gasteiger partial charge in [0.15, 0.2) is 0 Å². The van der Waals surface area contributed by atoms with Crippen LogP contribution in [0.1, 0.15) is 61.3 Å². The molecule has 1 aliphatic carbocycles. The van der Waals surface area contributed by atoms with Gasteiger partial charge >= 0.3 is 13.2 Å². The van der Waals surface area contributed by atoms with Gasteiger partial charge in [-0.1, -0.05) is 55.3 Å². The molecular formula is C33H38BNO7. The predicted molar refractivity (Wildman–Crippen MR) is 160 cm³/mol. The highest BCUT2D eigenvalue weighted by Crippen LogP contribution is 2.51. The Labute approximate surface area is 247 Å². The van der Waals surface area contributed by atoms with E-state index in [1.807, 2.05) is 44.2 Å². The molecule has 220 valence electrons. The van der Waals surface area contributed by atoms with Gasteiger partial charge in [0.05, 0.1) is 25.0 Å². The highest BCUT2D eigenvalue weighted by atomic mass is 16.5. The third-order valence-electron chi connectivity index (χ3n) is 8.89. The van der Waals surface area contributed by atoms with Crippen molar-refractivity contribution in [3.8, 4) is 5.75 Å². The summed E-state index contributed by atoms with van der Waals surface area (Å²) in [5.41, 5.74) is 6.81. The van der Waals surface area contributed by atoms with Crippen LogP contribution in [-0.2, 0) is 19.0 Å². The van der Waals surface area contributed by atoms with Crippen molar-refractivity contribution < 1.29 is 33.9 Å². The van der Waals surface area contributed by atoms with Crippen molar-refractivity contribution in [2.75, 3.05) is 7.11 Å². The number of carbonyl (C=O) groups excluding carboxylic acids is 3. The molecule has 0 radical (unpaired) electrons. The molecule has 4 atom stereocenters. The number of carbonyl (C=O) groups is 3. The van der Waals surface area contributed by atoms with Crippen molar-refractivity contribution in [1.29, 1.82) is 0 Å². The van der Waals surface area contributed by atoms with Gasteiger partial charge in [0.1, 0.15) is 5.75 Å². The lowest BCUT2D eigenvalue weighted by Gasteiger charge is -2.43. The van der Waals surface area contributed by atoms with Gasteiger partial charge in [0.25, 0.3) is 0 Å². The number of phenols is 1. The Kier molecular flexibility index (Phi) is 8.71. The molecule has 0 saturated carbocycles. The predicted octanol–water partition coefficient (Wildman–Crippen LogP) is 5.69. The topological polar surface area (TPSA) is 113 Å². The molecule has 0 spiro atoms. The Morgan fingerprint density at radius 3 is 2.45 bits per heavy atom. The molecule has 3 aliphatic rings. The van der Waals surface area contributed by atoms with Crippen LogP contribution in [0.2, 0.25) is 6.32 Å². The average molecular weight is 571 g/mol. The minimum absolute atomic E-state index is 0.196. The Bertz CT molecular complexity index is 1430. The largest absolute Gasteiger partial charge is 0.507 e. The van der Waals surface area contributed by atoms with Gasteiger partial charge in [-0.3, -0.25) is 9.59 Å². The van der Waals surface area contributed by atoms with Crippen molar-refractivity contribution in [3.63, 3.8) is 0 Å². The lowest BCUT2D eigenvalue weighted by molar-refractivity contribution is -0.137. The highest BCUT2D eigenvalue weighted by Gasteiger charge is 2.59. The molecule has 0 aromatic heterocycles. The van der Waals surface area contributed by atoms with Crippen molar-refractivity contribution in [2.24, 2.45) is 17.8 Å². The van der Waals surface area contributed by atoms with Crippen molar-refractivity contribution in [3.05, 3.63) is 75.9 Å². The van der Waals surface area contributed by atoms with E-state index in [9.17, 15) is 24.5 Å². The zero-order valence-corrected chi connectivity index (χ0v) is 24.6. The van der Waals surface area contributed by atoms with Crippen LogP contribution in [0.5, 0.6) is 5.75 Å². The second kappa shape index (κ2) is 12.3. The molecule has 3 amide bonds. The average Bonchev–Trinajstić information content (AvgIpc) is 3.22. The van der Waals surface area contributed by atoms with E-state index in [2.05, 4.69) is 25.1 Å². The first-order valence-corrected chi connectivity index (χ1v) is 14.7. The summed E-state index contributed by atoms with van der Waals surface area (Å²) in [6.07, 6.45) is 4.11. The summed E-state index contributed by atoms with van der Waals surface area (Å²) in [6.45, 7) is 5.84. The molecule has 0 bridgehead atoms. The summed E-state index contributed by atoms with van der Waals surface area (Å²) in [7, 11) is 0.0659. The molecule has 0 unspecified atom stereocenters. The van der Waals surface area contributed by atoms with E-state index in [0.717, 1.165) is 58.9 Å². The van der Waals surface area contributed by atoms with Gasteiger partial charge in [-0.2, -0.15) is 4.90 Å². The lowest BCUT2D eigenvalue weighted by Crippen LogP contribution is -2.46. The maximum Gasteiger partial charge on any atom is 0.455 e. The van der Waals surface area contributed by atoms with Crippen LogP contribution in [0.4, 0.5) is 4.79 Å². The number of aromatic hydroxyl groups is 1. The summed E-state index contributed by atoms with van der Waals surface area (Å²) in [5.74, 6) is -2.53. The number of benzene rings is 2. The van der Waals surface area contributed by atoms with Crippen molar-refractivity contribution >= 4 is 36.7 Å². The van der Waals surface area contributed by atoms with Crippen molar-refractivity contribution in [2.45, 2.75) is 65.3 Å².